The summed E-state index contributed by atoms with van der Waals surface area (Å²) in [6.45, 7) is 0.779. The number of hydrogen-bond donors (Lipinski definition) is 2. The fraction of sp³-hybridized carbons (Fsp3) is 0.571. The van der Waals surface area contributed by atoms with Gasteiger partial charge < -0.3 is 15.4 Å². The maximum absolute atomic E-state index is 11.2. The molecule has 1 aliphatic heterocycles. The minimum atomic E-state index is 0.148. The van der Waals surface area contributed by atoms with Crippen LogP contribution in [0.25, 0.3) is 0 Å². The number of carbonyl (C=O) groups is 1. The molecule has 2 N–H and O–H groups in total. The number of halogens is 1. The molecule has 108 valence electrons. The van der Waals surface area contributed by atoms with Crippen molar-refractivity contribution in [1.82, 2.24) is 15.6 Å². The van der Waals surface area contributed by atoms with Crippen LogP contribution in [0, 0.1) is 0 Å². The Morgan fingerprint density at radius 2 is 2.35 bits per heavy atom. The van der Waals surface area contributed by atoms with Crippen LogP contribution in [0.1, 0.15) is 36.4 Å². The lowest BCUT2D eigenvalue weighted by atomic mass is 10.1. The molecule has 0 radical (unpaired) electrons. The fourth-order valence-electron chi connectivity index (χ4n) is 3.05. The van der Waals surface area contributed by atoms with Gasteiger partial charge in [0.15, 0.2) is 0 Å². The Kier molecular flexibility index (Phi) is 3.81. The first kappa shape index (κ1) is 13.6. The lowest BCUT2D eigenvalue weighted by Crippen LogP contribution is -2.36. The highest BCUT2D eigenvalue weighted by atomic mass is 35.5. The van der Waals surface area contributed by atoms with E-state index in [1.54, 1.807) is 7.11 Å². The molecule has 1 aromatic heterocycles. The monoisotopic (exact) mass is 295 g/mol. The Morgan fingerprint density at radius 3 is 3.05 bits per heavy atom. The second-order valence-corrected chi connectivity index (χ2v) is 5.72. The van der Waals surface area contributed by atoms with Gasteiger partial charge in [-0.25, -0.2) is 4.98 Å². The number of nitrogens with zero attached hydrogens (tertiary/aromatic N) is 1. The zero-order valence-corrected chi connectivity index (χ0v) is 12.2. The van der Waals surface area contributed by atoms with Gasteiger partial charge in [-0.3, -0.25) is 4.79 Å². The van der Waals surface area contributed by atoms with E-state index in [9.17, 15) is 4.79 Å². The topological polar surface area (TPSA) is 63.2 Å². The molecule has 5 nitrogen and oxygen atoms in total. The maximum Gasteiger partial charge on any atom is 0.220 e. The van der Waals surface area contributed by atoms with Crippen molar-refractivity contribution in [1.29, 1.82) is 0 Å². The van der Waals surface area contributed by atoms with Crippen molar-refractivity contribution in [3.8, 4) is 5.88 Å². The summed E-state index contributed by atoms with van der Waals surface area (Å²) >= 11 is 5.99. The number of methoxy groups -OCH3 is 1. The van der Waals surface area contributed by atoms with Crippen molar-refractivity contribution in [3.63, 3.8) is 0 Å². The van der Waals surface area contributed by atoms with Gasteiger partial charge in [0.25, 0.3) is 0 Å². The van der Waals surface area contributed by atoms with E-state index in [1.807, 2.05) is 6.07 Å². The standard InChI is InChI=1S/C14H18ClN3O2/c1-20-14-13-8(6-11(15)18-14)2-4-10(13)16-7-9-3-5-12(19)17-9/h6,9-10,16H,2-5,7H2,1H3,(H,17,19)/t9-,10+/m1/s1. The molecule has 1 aromatic rings. The largest absolute Gasteiger partial charge is 0.481 e. The van der Waals surface area contributed by atoms with E-state index >= 15 is 0 Å². The van der Waals surface area contributed by atoms with E-state index in [4.69, 9.17) is 16.3 Å². The van der Waals surface area contributed by atoms with Crippen LogP contribution in [-0.4, -0.2) is 30.6 Å². The van der Waals surface area contributed by atoms with Gasteiger partial charge in [0.1, 0.15) is 5.15 Å². The van der Waals surface area contributed by atoms with Crippen LogP contribution in [-0.2, 0) is 11.2 Å². The van der Waals surface area contributed by atoms with E-state index in [0.29, 0.717) is 17.5 Å². The Balaban J connectivity index is 1.71. The van der Waals surface area contributed by atoms with E-state index < -0.39 is 0 Å². The number of carbonyl (C=O) groups excluding carboxylic acids is 1. The highest BCUT2D eigenvalue weighted by Crippen LogP contribution is 2.38. The summed E-state index contributed by atoms with van der Waals surface area (Å²) in [7, 11) is 1.62. The predicted molar refractivity (Wildman–Crippen MR) is 76.0 cm³/mol. The molecule has 3 rings (SSSR count). The molecule has 0 unspecified atom stereocenters. The highest BCUT2D eigenvalue weighted by molar-refractivity contribution is 6.29. The van der Waals surface area contributed by atoms with Crippen molar-refractivity contribution in [2.45, 2.75) is 37.8 Å². The fourth-order valence-corrected chi connectivity index (χ4v) is 3.26. The number of pyridine rings is 1. The number of ether oxygens (including phenoxy) is 1. The molecule has 1 amide bonds. The molecule has 0 saturated carbocycles. The second-order valence-electron chi connectivity index (χ2n) is 5.33. The van der Waals surface area contributed by atoms with Crippen molar-refractivity contribution in [2.24, 2.45) is 0 Å². The molecule has 2 heterocycles. The van der Waals surface area contributed by atoms with Gasteiger partial charge in [-0.15, -0.1) is 0 Å². The van der Waals surface area contributed by atoms with Crippen molar-refractivity contribution in [3.05, 3.63) is 22.3 Å². The van der Waals surface area contributed by atoms with E-state index in [2.05, 4.69) is 15.6 Å². The first-order valence-electron chi connectivity index (χ1n) is 6.93. The smallest absolute Gasteiger partial charge is 0.220 e. The summed E-state index contributed by atoms with van der Waals surface area (Å²) in [4.78, 5) is 15.4. The molecule has 20 heavy (non-hydrogen) atoms. The molecule has 2 aliphatic rings. The van der Waals surface area contributed by atoms with E-state index in [-0.39, 0.29) is 18.0 Å². The number of hydrogen-bond acceptors (Lipinski definition) is 4. The predicted octanol–water partition coefficient (Wildman–Crippen LogP) is 1.60. The third-order valence-electron chi connectivity index (χ3n) is 4.02. The highest BCUT2D eigenvalue weighted by Gasteiger charge is 2.29. The van der Waals surface area contributed by atoms with E-state index in [0.717, 1.165) is 31.4 Å². The molecular formula is C14H18ClN3O2. The number of nitrogens with one attached hydrogen (secondary N) is 2. The summed E-state index contributed by atoms with van der Waals surface area (Å²) < 4.78 is 5.35. The van der Waals surface area contributed by atoms with Crippen LogP contribution in [0.2, 0.25) is 5.15 Å². The summed E-state index contributed by atoms with van der Waals surface area (Å²) in [5.41, 5.74) is 2.32. The van der Waals surface area contributed by atoms with Crippen LogP contribution in [0.5, 0.6) is 5.88 Å². The van der Waals surface area contributed by atoms with E-state index in [1.165, 1.54) is 5.56 Å². The minimum absolute atomic E-state index is 0.148. The number of rotatable bonds is 4. The van der Waals surface area contributed by atoms with Gasteiger partial charge in [-0.2, -0.15) is 0 Å². The lowest BCUT2D eigenvalue weighted by molar-refractivity contribution is -0.119. The molecule has 2 atom stereocenters. The Hall–Kier alpha value is -1.33. The third kappa shape index (κ3) is 2.60. The molecule has 6 heteroatoms. The SMILES string of the molecule is COc1nc(Cl)cc2c1[C@@H](NC[C@H]1CCC(=O)N1)CC2. The van der Waals surface area contributed by atoms with Gasteiger partial charge in [0.05, 0.1) is 7.11 Å². The molecule has 1 aliphatic carbocycles. The summed E-state index contributed by atoms with van der Waals surface area (Å²) in [5.74, 6) is 0.757. The average molecular weight is 296 g/mol. The Labute approximate surface area is 123 Å². The first-order chi connectivity index (χ1) is 9.67. The number of aromatic nitrogens is 1. The second kappa shape index (κ2) is 5.58. The van der Waals surface area contributed by atoms with Gasteiger partial charge in [0, 0.05) is 30.6 Å². The van der Waals surface area contributed by atoms with Gasteiger partial charge >= 0.3 is 0 Å². The average Bonchev–Trinajstić information content (AvgIpc) is 3.01. The zero-order chi connectivity index (χ0) is 14.1. The molecule has 1 fully saturated rings. The van der Waals surface area contributed by atoms with Crippen molar-refractivity contribution >= 4 is 17.5 Å². The van der Waals surface area contributed by atoms with Crippen molar-refractivity contribution < 1.29 is 9.53 Å². The van der Waals surface area contributed by atoms with Crippen LogP contribution in [0.3, 0.4) is 0 Å². The summed E-state index contributed by atoms with van der Waals surface area (Å²) in [6, 6.07) is 2.37. The van der Waals surface area contributed by atoms with Crippen LogP contribution in [0.4, 0.5) is 0 Å². The quantitative estimate of drug-likeness (QED) is 0.828. The zero-order valence-electron chi connectivity index (χ0n) is 11.4. The van der Waals surface area contributed by atoms with Crippen molar-refractivity contribution in [2.75, 3.05) is 13.7 Å². The Bertz CT molecular complexity index is 535. The molecule has 0 bridgehead atoms. The van der Waals surface area contributed by atoms with Gasteiger partial charge in [0.2, 0.25) is 11.8 Å². The molecule has 1 saturated heterocycles. The summed E-state index contributed by atoms with van der Waals surface area (Å²) in [5, 5.41) is 6.96. The lowest BCUT2D eigenvalue weighted by Gasteiger charge is -2.19. The number of fused-ring (bicyclic) bond motifs is 1. The first-order valence-corrected chi connectivity index (χ1v) is 7.31. The van der Waals surface area contributed by atoms with Crippen LogP contribution >= 0.6 is 11.6 Å². The Morgan fingerprint density at radius 1 is 1.50 bits per heavy atom. The van der Waals surface area contributed by atoms with Gasteiger partial charge in [-0.05, 0) is 30.9 Å². The normalized spacial score (nSPS) is 24.6. The molecule has 0 spiro atoms. The number of amides is 1. The number of aryl methyl sites for hydroxylation is 1. The van der Waals surface area contributed by atoms with Crippen LogP contribution < -0.4 is 15.4 Å². The van der Waals surface area contributed by atoms with Crippen LogP contribution in [0.15, 0.2) is 6.07 Å². The third-order valence-corrected chi connectivity index (χ3v) is 4.21. The minimum Gasteiger partial charge on any atom is -0.481 e. The summed E-state index contributed by atoms with van der Waals surface area (Å²) in [6.07, 6.45) is 3.52. The molecule has 0 aromatic carbocycles. The molecular weight excluding hydrogens is 278 g/mol. The van der Waals surface area contributed by atoms with Gasteiger partial charge in [-0.1, -0.05) is 11.6 Å². The maximum atomic E-state index is 11.2.